The molecule has 0 spiro atoms. The minimum absolute atomic E-state index is 0.289. The fourth-order valence-electron chi connectivity index (χ4n) is 2.34. The molecule has 19 heavy (non-hydrogen) atoms. The van der Waals surface area contributed by atoms with Crippen molar-refractivity contribution in [2.75, 3.05) is 26.3 Å². The summed E-state index contributed by atoms with van der Waals surface area (Å²) in [7, 11) is 0. The van der Waals surface area contributed by atoms with Crippen LogP contribution in [0.2, 0.25) is 0 Å². The van der Waals surface area contributed by atoms with Crippen molar-refractivity contribution in [2.24, 2.45) is 0 Å². The topological polar surface area (TPSA) is 62.9 Å². The van der Waals surface area contributed by atoms with Crippen LogP contribution in [0.1, 0.15) is 15.9 Å². The normalized spacial score (nSPS) is 16.8. The molecule has 0 amide bonds. The summed E-state index contributed by atoms with van der Waals surface area (Å²) >= 11 is 0. The molecule has 1 aromatic heterocycles. The fraction of sp³-hybridized carbons (Fsp3) is 0.357. The standard InChI is InChI=1S/C14H15NO4/c16-14(17)10-1-2-13-12(7-10)11(9-19-13)8-15-3-5-18-6-4-15/h1-2,7,9H,3-6,8H2,(H,16,17). The Morgan fingerprint density at radius 3 is 2.84 bits per heavy atom. The molecular weight excluding hydrogens is 246 g/mol. The van der Waals surface area contributed by atoms with Gasteiger partial charge < -0.3 is 14.3 Å². The lowest BCUT2D eigenvalue weighted by Crippen LogP contribution is -2.35. The Balaban J connectivity index is 1.89. The van der Waals surface area contributed by atoms with Crippen LogP contribution in [0.5, 0.6) is 0 Å². The zero-order chi connectivity index (χ0) is 13.2. The number of hydrogen-bond acceptors (Lipinski definition) is 4. The third-order valence-corrected chi connectivity index (χ3v) is 3.40. The largest absolute Gasteiger partial charge is 0.478 e. The Labute approximate surface area is 110 Å². The first-order chi connectivity index (χ1) is 9.24. The van der Waals surface area contributed by atoms with E-state index in [0.717, 1.165) is 49.4 Å². The van der Waals surface area contributed by atoms with Crippen LogP contribution in [-0.4, -0.2) is 42.3 Å². The van der Waals surface area contributed by atoms with Crippen LogP contribution in [0.4, 0.5) is 0 Å². The second kappa shape index (κ2) is 5.03. The number of aromatic carboxylic acids is 1. The number of carbonyl (C=O) groups is 1. The maximum absolute atomic E-state index is 11.0. The molecule has 100 valence electrons. The van der Waals surface area contributed by atoms with E-state index < -0.39 is 5.97 Å². The highest BCUT2D eigenvalue weighted by Gasteiger charge is 2.15. The smallest absolute Gasteiger partial charge is 0.335 e. The first kappa shape index (κ1) is 12.2. The number of hydrogen-bond donors (Lipinski definition) is 1. The van der Waals surface area contributed by atoms with Crippen molar-refractivity contribution in [1.29, 1.82) is 0 Å². The van der Waals surface area contributed by atoms with Crippen LogP contribution >= 0.6 is 0 Å². The summed E-state index contributed by atoms with van der Waals surface area (Å²) in [6.45, 7) is 4.04. The fourth-order valence-corrected chi connectivity index (χ4v) is 2.34. The zero-order valence-electron chi connectivity index (χ0n) is 10.5. The molecule has 1 saturated heterocycles. The van der Waals surface area contributed by atoms with Gasteiger partial charge in [-0.3, -0.25) is 4.90 Å². The van der Waals surface area contributed by atoms with Crippen LogP contribution in [0.25, 0.3) is 11.0 Å². The molecule has 5 nitrogen and oxygen atoms in total. The van der Waals surface area contributed by atoms with Gasteiger partial charge in [-0.05, 0) is 18.2 Å². The molecule has 0 saturated carbocycles. The minimum atomic E-state index is -0.916. The van der Waals surface area contributed by atoms with Gasteiger partial charge in [-0.15, -0.1) is 0 Å². The number of carboxylic acids is 1. The SMILES string of the molecule is O=C(O)c1ccc2occ(CN3CCOCC3)c2c1. The minimum Gasteiger partial charge on any atom is -0.478 e. The predicted octanol–water partition coefficient (Wildman–Crippen LogP) is 1.96. The Hall–Kier alpha value is -1.85. The van der Waals surface area contributed by atoms with Crippen LogP contribution in [-0.2, 0) is 11.3 Å². The highest BCUT2D eigenvalue weighted by molar-refractivity contribution is 5.93. The number of morpholine rings is 1. The highest BCUT2D eigenvalue weighted by atomic mass is 16.5. The molecule has 3 rings (SSSR count). The zero-order valence-corrected chi connectivity index (χ0v) is 10.5. The van der Waals surface area contributed by atoms with Gasteiger partial charge in [-0.2, -0.15) is 0 Å². The van der Waals surface area contributed by atoms with Crippen molar-refractivity contribution in [3.05, 3.63) is 35.6 Å². The Kier molecular flexibility index (Phi) is 3.23. The van der Waals surface area contributed by atoms with Crippen molar-refractivity contribution < 1.29 is 19.1 Å². The number of carboxylic acid groups (broad SMARTS) is 1. The molecule has 1 aromatic carbocycles. The second-order valence-electron chi connectivity index (χ2n) is 4.67. The average molecular weight is 261 g/mol. The number of fused-ring (bicyclic) bond motifs is 1. The third-order valence-electron chi connectivity index (χ3n) is 3.40. The number of ether oxygens (including phenoxy) is 1. The van der Waals surface area contributed by atoms with E-state index in [-0.39, 0.29) is 5.56 Å². The lowest BCUT2D eigenvalue weighted by atomic mass is 10.1. The third kappa shape index (κ3) is 2.47. The molecule has 1 aliphatic heterocycles. The first-order valence-corrected chi connectivity index (χ1v) is 6.27. The van der Waals surface area contributed by atoms with E-state index in [9.17, 15) is 4.79 Å². The Bertz CT molecular complexity index is 599. The lowest BCUT2D eigenvalue weighted by Gasteiger charge is -2.26. The molecule has 2 aromatic rings. The van der Waals surface area contributed by atoms with E-state index in [4.69, 9.17) is 14.3 Å². The van der Waals surface area contributed by atoms with Crippen molar-refractivity contribution >= 4 is 16.9 Å². The van der Waals surface area contributed by atoms with E-state index >= 15 is 0 Å². The quantitative estimate of drug-likeness (QED) is 0.915. The molecule has 0 atom stereocenters. The molecule has 1 fully saturated rings. The van der Waals surface area contributed by atoms with Crippen LogP contribution in [0, 0.1) is 0 Å². The van der Waals surface area contributed by atoms with Gasteiger partial charge in [-0.25, -0.2) is 4.79 Å². The monoisotopic (exact) mass is 261 g/mol. The van der Waals surface area contributed by atoms with Crippen molar-refractivity contribution in [2.45, 2.75) is 6.54 Å². The number of nitrogens with zero attached hydrogens (tertiary/aromatic N) is 1. The second-order valence-corrected chi connectivity index (χ2v) is 4.67. The maximum Gasteiger partial charge on any atom is 0.335 e. The Morgan fingerprint density at radius 2 is 2.11 bits per heavy atom. The molecule has 5 heteroatoms. The van der Waals surface area contributed by atoms with Gasteiger partial charge in [0, 0.05) is 30.6 Å². The summed E-state index contributed by atoms with van der Waals surface area (Å²) in [5, 5.41) is 9.92. The summed E-state index contributed by atoms with van der Waals surface area (Å²) in [4.78, 5) is 13.3. The molecule has 0 radical (unpaired) electrons. The van der Waals surface area contributed by atoms with Gasteiger partial charge in [0.2, 0.25) is 0 Å². The van der Waals surface area contributed by atoms with Gasteiger partial charge in [-0.1, -0.05) is 0 Å². The molecule has 0 bridgehead atoms. The van der Waals surface area contributed by atoms with Crippen LogP contribution in [0.3, 0.4) is 0 Å². The molecule has 1 aliphatic rings. The number of rotatable bonds is 3. The summed E-state index contributed by atoms with van der Waals surface area (Å²) in [6.07, 6.45) is 1.71. The summed E-state index contributed by atoms with van der Waals surface area (Å²) in [6, 6.07) is 4.95. The number of benzene rings is 1. The highest BCUT2D eigenvalue weighted by Crippen LogP contribution is 2.24. The van der Waals surface area contributed by atoms with E-state index in [0.29, 0.717) is 0 Å². The van der Waals surface area contributed by atoms with Gasteiger partial charge in [0.25, 0.3) is 0 Å². The molecule has 2 heterocycles. The Morgan fingerprint density at radius 1 is 1.32 bits per heavy atom. The lowest BCUT2D eigenvalue weighted by molar-refractivity contribution is 0.0342. The molecule has 1 N–H and O–H groups in total. The molecule has 0 aliphatic carbocycles. The summed E-state index contributed by atoms with van der Waals surface area (Å²) in [5.74, 6) is -0.916. The maximum atomic E-state index is 11.0. The van der Waals surface area contributed by atoms with E-state index in [2.05, 4.69) is 4.90 Å². The van der Waals surface area contributed by atoms with Gasteiger partial charge in [0.15, 0.2) is 0 Å². The van der Waals surface area contributed by atoms with E-state index in [1.165, 1.54) is 0 Å². The van der Waals surface area contributed by atoms with Crippen molar-refractivity contribution in [3.8, 4) is 0 Å². The molecular formula is C14H15NO4. The first-order valence-electron chi connectivity index (χ1n) is 6.27. The van der Waals surface area contributed by atoms with Crippen LogP contribution in [0.15, 0.2) is 28.9 Å². The molecule has 0 unspecified atom stereocenters. The van der Waals surface area contributed by atoms with Crippen LogP contribution < -0.4 is 0 Å². The van der Waals surface area contributed by atoms with Crippen molar-refractivity contribution in [1.82, 2.24) is 4.90 Å². The summed E-state index contributed by atoms with van der Waals surface area (Å²) in [5.41, 5.74) is 2.05. The predicted molar refractivity (Wildman–Crippen MR) is 69.3 cm³/mol. The van der Waals surface area contributed by atoms with E-state index in [1.54, 1.807) is 24.5 Å². The van der Waals surface area contributed by atoms with Gasteiger partial charge in [0.05, 0.1) is 25.0 Å². The van der Waals surface area contributed by atoms with Gasteiger partial charge >= 0.3 is 5.97 Å². The average Bonchev–Trinajstić information content (AvgIpc) is 2.82. The number of furan rings is 1. The summed E-state index contributed by atoms with van der Waals surface area (Å²) < 4.78 is 10.8. The van der Waals surface area contributed by atoms with Crippen molar-refractivity contribution in [3.63, 3.8) is 0 Å². The van der Waals surface area contributed by atoms with Gasteiger partial charge in [0.1, 0.15) is 5.58 Å². The van der Waals surface area contributed by atoms with E-state index in [1.807, 2.05) is 0 Å².